The van der Waals surface area contributed by atoms with E-state index >= 15 is 0 Å². The second-order valence-corrected chi connectivity index (χ2v) is 6.67. The highest BCUT2D eigenvalue weighted by Crippen LogP contribution is 2.19. The Morgan fingerprint density at radius 1 is 1.37 bits per heavy atom. The Hall–Kier alpha value is -1.61. The first-order valence-electron chi connectivity index (χ1n) is 9.24. The van der Waals surface area contributed by atoms with Crippen LogP contribution in [0.25, 0.3) is 11.5 Å². The number of hydrogen-bond acceptors (Lipinski definition) is 4. The number of aromatic nitrogens is 1. The lowest BCUT2D eigenvalue weighted by atomic mass is 10.1. The van der Waals surface area contributed by atoms with E-state index in [-0.39, 0.29) is 24.0 Å². The molecule has 0 saturated carbocycles. The predicted octanol–water partition coefficient (Wildman–Crippen LogP) is 3.70. The van der Waals surface area contributed by atoms with Crippen LogP contribution in [-0.2, 0) is 11.3 Å². The zero-order valence-electron chi connectivity index (χ0n) is 16.3. The van der Waals surface area contributed by atoms with Crippen LogP contribution in [0.1, 0.15) is 24.6 Å². The first kappa shape index (κ1) is 21.7. The molecular weight excluding hydrogens is 455 g/mol. The molecule has 7 heteroatoms. The van der Waals surface area contributed by atoms with Crippen LogP contribution in [0.5, 0.6) is 0 Å². The minimum absolute atomic E-state index is 0. The number of aliphatic imine (C=N–C) groups is 1. The summed E-state index contributed by atoms with van der Waals surface area (Å²) in [6, 6.07) is 8.18. The van der Waals surface area contributed by atoms with Gasteiger partial charge in [-0.25, -0.2) is 4.98 Å². The summed E-state index contributed by atoms with van der Waals surface area (Å²) in [5.74, 6) is 2.13. The molecule has 2 aromatic rings. The van der Waals surface area contributed by atoms with Gasteiger partial charge in [-0.15, -0.1) is 24.0 Å². The molecule has 0 amide bonds. The summed E-state index contributed by atoms with van der Waals surface area (Å²) in [5.41, 5.74) is 3.08. The molecule has 1 aliphatic heterocycles. The SMILES string of the molecule is CCOCC1CCN(C(=NC)NCc2coc(-c3ccc(C)cc3)n2)C1.I. The summed E-state index contributed by atoms with van der Waals surface area (Å²) in [4.78, 5) is 11.3. The molecule has 2 heterocycles. The van der Waals surface area contributed by atoms with Gasteiger partial charge >= 0.3 is 0 Å². The fourth-order valence-electron chi connectivity index (χ4n) is 3.16. The Morgan fingerprint density at radius 2 is 2.15 bits per heavy atom. The van der Waals surface area contributed by atoms with Gasteiger partial charge in [-0.2, -0.15) is 0 Å². The zero-order valence-corrected chi connectivity index (χ0v) is 18.6. The number of nitrogens with zero attached hydrogens (tertiary/aromatic N) is 3. The van der Waals surface area contributed by atoms with Crippen molar-refractivity contribution in [3.05, 3.63) is 41.8 Å². The largest absolute Gasteiger partial charge is 0.444 e. The summed E-state index contributed by atoms with van der Waals surface area (Å²) in [6.07, 6.45) is 2.85. The van der Waals surface area contributed by atoms with Crippen molar-refractivity contribution in [2.24, 2.45) is 10.9 Å². The van der Waals surface area contributed by atoms with Gasteiger partial charge in [0, 0.05) is 38.2 Å². The van der Waals surface area contributed by atoms with Crippen LogP contribution in [-0.4, -0.2) is 49.2 Å². The third-order valence-corrected chi connectivity index (χ3v) is 4.63. The lowest BCUT2D eigenvalue weighted by Gasteiger charge is -2.21. The number of nitrogens with one attached hydrogen (secondary N) is 1. The monoisotopic (exact) mass is 484 g/mol. The Morgan fingerprint density at radius 3 is 2.85 bits per heavy atom. The molecule has 1 aromatic carbocycles. The predicted molar refractivity (Wildman–Crippen MR) is 118 cm³/mol. The first-order valence-corrected chi connectivity index (χ1v) is 9.24. The van der Waals surface area contributed by atoms with E-state index in [0.29, 0.717) is 18.4 Å². The Bertz CT molecular complexity index is 730. The number of oxazole rings is 1. The second-order valence-electron chi connectivity index (χ2n) is 6.67. The standard InChI is InChI=1S/C20H28N4O2.HI/c1-4-25-13-16-9-10-24(12-16)20(21-3)22-11-18-14-26-19(23-18)17-7-5-15(2)6-8-17;/h5-8,14,16H,4,9-13H2,1-3H3,(H,21,22);1H. The average Bonchev–Trinajstić information content (AvgIpc) is 3.31. The summed E-state index contributed by atoms with van der Waals surface area (Å²) >= 11 is 0. The van der Waals surface area contributed by atoms with Gasteiger partial charge in [0.05, 0.1) is 18.8 Å². The first-order chi connectivity index (χ1) is 12.7. The summed E-state index contributed by atoms with van der Waals surface area (Å²) in [5, 5.41) is 3.39. The second kappa shape index (κ2) is 10.7. The van der Waals surface area contributed by atoms with Crippen molar-refractivity contribution in [3.8, 4) is 11.5 Å². The number of likely N-dealkylation sites (tertiary alicyclic amines) is 1. The van der Waals surface area contributed by atoms with Crippen molar-refractivity contribution < 1.29 is 9.15 Å². The average molecular weight is 484 g/mol. The van der Waals surface area contributed by atoms with E-state index in [1.165, 1.54) is 5.56 Å². The fourth-order valence-corrected chi connectivity index (χ4v) is 3.16. The van der Waals surface area contributed by atoms with Crippen LogP contribution in [0, 0.1) is 12.8 Å². The topological polar surface area (TPSA) is 62.9 Å². The highest BCUT2D eigenvalue weighted by Gasteiger charge is 2.24. The Balaban J connectivity index is 0.00000261. The molecule has 27 heavy (non-hydrogen) atoms. The molecule has 1 N–H and O–H groups in total. The number of benzene rings is 1. The van der Waals surface area contributed by atoms with E-state index in [1.54, 1.807) is 6.26 Å². The highest BCUT2D eigenvalue weighted by molar-refractivity contribution is 14.0. The maximum atomic E-state index is 5.62. The summed E-state index contributed by atoms with van der Waals surface area (Å²) in [6.45, 7) is 8.28. The summed E-state index contributed by atoms with van der Waals surface area (Å²) in [7, 11) is 1.82. The minimum Gasteiger partial charge on any atom is -0.444 e. The summed E-state index contributed by atoms with van der Waals surface area (Å²) < 4.78 is 11.2. The number of ether oxygens (including phenoxy) is 1. The van der Waals surface area contributed by atoms with Gasteiger partial charge < -0.3 is 19.4 Å². The van der Waals surface area contributed by atoms with Crippen LogP contribution < -0.4 is 5.32 Å². The lowest BCUT2D eigenvalue weighted by Crippen LogP contribution is -2.39. The third kappa shape index (κ3) is 5.93. The van der Waals surface area contributed by atoms with Crippen molar-refractivity contribution in [1.82, 2.24) is 15.2 Å². The molecule has 148 valence electrons. The van der Waals surface area contributed by atoms with Crippen molar-refractivity contribution in [2.75, 3.05) is 33.4 Å². The van der Waals surface area contributed by atoms with E-state index in [9.17, 15) is 0 Å². The van der Waals surface area contributed by atoms with Gasteiger partial charge in [0.25, 0.3) is 0 Å². The van der Waals surface area contributed by atoms with E-state index in [1.807, 2.05) is 26.1 Å². The molecule has 1 fully saturated rings. The van der Waals surface area contributed by atoms with Gasteiger partial charge in [-0.05, 0) is 32.4 Å². The van der Waals surface area contributed by atoms with Gasteiger partial charge in [-0.3, -0.25) is 4.99 Å². The van der Waals surface area contributed by atoms with Crippen molar-refractivity contribution in [3.63, 3.8) is 0 Å². The van der Waals surface area contributed by atoms with Crippen LogP contribution in [0.4, 0.5) is 0 Å². The molecule has 6 nitrogen and oxygen atoms in total. The molecule has 0 radical (unpaired) electrons. The maximum absolute atomic E-state index is 5.62. The van der Waals surface area contributed by atoms with Gasteiger partial charge in [0.15, 0.2) is 5.96 Å². The smallest absolute Gasteiger partial charge is 0.226 e. The minimum atomic E-state index is 0. The number of aryl methyl sites for hydroxylation is 1. The van der Waals surface area contributed by atoms with Crippen LogP contribution >= 0.6 is 24.0 Å². The molecule has 1 saturated heterocycles. The molecule has 1 atom stereocenters. The molecule has 1 unspecified atom stereocenters. The maximum Gasteiger partial charge on any atom is 0.226 e. The van der Waals surface area contributed by atoms with E-state index < -0.39 is 0 Å². The number of hydrogen-bond donors (Lipinski definition) is 1. The molecule has 0 spiro atoms. The lowest BCUT2D eigenvalue weighted by molar-refractivity contribution is 0.114. The molecular formula is C20H29IN4O2. The third-order valence-electron chi connectivity index (χ3n) is 4.63. The van der Waals surface area contributed by atoms with E-state index in [4.69, 9.17) is 9.15 Å². The highest BCUT2D eigenvalue weighted by atomic mass is 127. The van der Waals surface area contributed by atoms with E-state index in [0.717, 1.165) is 49.9 Å². The number of rotatable bonds is 6. The van der Waals surface area contributed by atoms with Gasteiger partial charge in [0.1, 0.15) is 6.26 Å². The fraction of sp³-hybridized carbons (Fsp3) is 0.500. The Labute approximate surface area is 178 Å². The van der Waals surface area contributed by atoms with Crippen molar-refractivity contribution in [2.45, 2.75) is 26.8 Å². The molecule has 0 bridgehead atoms. The van der Waals surface area contributed by atoms with Crippen LogP contribution in [0.2, 0.25) is 0 Å². The molecule has 1 aromatic heterocycles. The van der Waals surface area contributed by atoms with Gasteiger partial charge in [0.2, 0.25) is 5.89 Å². The number of halogens is 1. The number of guanidine groups is 1. The van der Waals surface area contributed by atoms with Gasteiger partial charge in [-0.1, -0.05) is 17.7 Å². The quantitative estimate of drug-likeness (QED) is 0.385. The zero-order chi connectivity index (χ0) is 18.4. The van der Waals surface area contributed by atoms with Crippen LogP contribution in [0.15, 0.2) is 39.9 Å². The van der Waals surface area contributed by atoms with E-state index in [2.05, 4.69) is 39.2 Å². The Kier molecular flexibility index (Phi) is 8.56. The van der Waals surface area contributed by atoms with Crippen molar-refractivity contribution in [1.29, 1.82) is 0 Å². The molecule has 0 aliphatic carbocycles. The molecule has 1 aliphatic rings. The van der Waals surface area contributed by atoms with Crippen molar-refractivity contribution >= 4 is 29.9 Å². The normalized spacial score (nSPS) is 17.1. The molecule has 3 rings (SSSR count). The van der Waals surface area contributed by atoms with Crippen LogP contribution in [0.3, 0.4) is 0 Å².